The summed E-state index contributed by atoms with van der Waals surface area (Å²) in [4.78, 5) is 0. The molecule has 0 aliphatic rings. The van der Waals surface area contributed by atoms with Gasteiger partial charge in [-0.05, 0) is 0 Å². The van der Waals surface area contributed by atoms with Crippen LogP contribution in [-0.4, -0.2) is 36.4 Å². The molecule has 0 aliphatic heterocycles. The Balaban J connectivity index is 5.78. The number of ether oxygens (including phenoxy) is 1. The number of hydrogen-bond donors (Lipinski definition) is 0. The Hall–Kier alpha value is -1.02. The fourth-order valence-corrected chi connectivity index (χ4v) is 0.884. The monoisotopic (exact) mass is 368 g/mol. The van der Waals surface area contributed by atoms with E-state index in [0.717, 1.165) is 0 Å². The highest BCUT2D eigenvalue weighted by atomic mass is 19.4. The first-order valence-electron chi connectivity index (χ1n) is 4.51. The predicted molar refractivity (Wildman–Crippen MR) is 37.6 cm³/mol. The van der Waals surface area contributed by atoms with Crippen LogP contribution in [0.5, 0.6) is 0 Å². The van der Waals surface area contributed by atoms with Crippen LogP contribution in [-0.2, 0) is 4.74 Å². The van der Waals surface area contributed by atoms with Crippen molar-refractivity contribution in [2.24, 2.45) is 0 Å². The van der Waals surface area contributed by atoms with E-state index in [1.165, 1.54) is 0 Å². The van der Waals surface area contributed by atoms with Gasteiger partial charge in [0.05, 0.1) is 0 Å². The van der Waals surface area contributed by atoms with Gasteiger partial charge in [0.1, 0.15) is 6.42 Å². The summed E-state index contributed by atoms with van der Waals surface area (Å²) in [5.74, 6) is -13.9. The molecule has 0 aromatic heterocycles. The zero-order valence-electron chi connectivity index (χ0n) is 9.41. The minimum absolute atomic E-state index is 1.64. The Labute approximate surface area is 110 Å². The minimum atomic E-state index is -7.38. The molecule has 0 fully saturated rings. The highest BCUT2D eigenvalue weighted by Crippen LogP contribution is 2.52. The minimum Gasteiger partial charge on any atom is -0.269 e. The largest absolute Gasteiger partial charge is 0.462 e. The maximum Gasteiger partial charge on any atom is 0.462 e. The summed E-state index contributed by atoms with van der Waals surface area (Å²) in [7, 11) is 0. The summed E-state index contributed by atoms with van der Waals surface area (Å²) in [5.41, 5.74) is 0. The summed E-state index contributed by atoms with van der Waals surface area (Å²) < 4.78 is 170. The highest BCUT2D eigenvalue weighted by molar-refractivity contribution is 4.90. The molecule has 0 aromatic rings. The van der Waals surface area contributed by atoms with Crippen molar-refractivity contribution in [1.82, 2.24) is 0 Å². The van der Waals surface area contributed by atoms with Gasteiger partial charge >= 0.3 is 36.4 Å². The van der Waals surface area contributed by atoms with E-state index in [1.807, 2.05) is 0 Å². The molecular weight excluding hydrogens is 366 g/mol. The van der Waals surface area contributed by atoms with Crippen molar-refractivity contribution in [2.75, 3.05) is 0 Å². The molecule has 0 heterocycles. The second-order valence-corrected chi connectivity index (χ2v) is 3.71. The lowest BCUT2D eigenvalue weighted by Crippen LogP contribution is -2.59. The Morgan fingerprint density at radius 3 is 1.14 bits per heavy atom. The molecule has 0 radical (unpaired) electrons. The molecule has 0 saturated carbocycles. The Morgan fingerprint density at radius 2 is 0.909 bits per heavy atom. The lowest BCUT2D eigenvalue weighted by Gasteiger charge is -2.35. The van der Waals surface area contributed by atoms with Crippen molar-refractivity contribution in [3.8, 4) is 0 Å². The van der Waals surface area contributed by atoms with Crippen molar-refractivity contribution in [1.29, 1.82) is 0 Å². The zero-order valence-corrected chi connectivity index (χ0v) is 9.41. The molecule has 134 valence electrons. The van der Waals surface area contributed by atoms with Crippen molar-refractivity contribution in [3.05, 3.63) is 0 Å². The first-order valence-corrected chi connectivity index (χ1v) is 4.51. The number of alkyl halides is 14. The molecule has 1 unspecified atom stereocenters. The Kier molecular flexibility index (Phi) is 5.02. The average Bonchev–Trinajstić information content (AvgIpc) is 2.08. The van der Waals surface area contributed by atoms with Crippen LogP contribution in [0.4, 0.5) is 61.5 Å². The van der Waals surface area contributed by atoms with Gasteiger partial charge in [-0.3, -0.25) is 4.74 Å². The van der Waals surface area contributed by atoms with E-state index in [4.69, 9.17) is 0 Å². The first kappa shape index (κ1) is 21.0. The van der Waals surface area contributed by atoms with Crippen molar-refractivity contribution in [2.45, 2.75) is 42.8 Å². The molecule has 22 heavy (non-hydrogen) atoms. The first-order chi connectivity index (χ1) is 9.16. The Morgan fingerprint density at radius 1 is 0.545 bits per heavy atom. The molecule has 0 rings (SSSR count). The van der Waals surface area contributed by atoms with Crippen LogP contribution in [0.3, 0.4) is 0 Å². The van der Waals surface area contributed by atoms with Gasteiger partial charge in [-0.1, -0.05) is 0 Å². The van der Waals surface area contributed by atoms with Crippen molar-refractivity contribution >= 4 is 0 Å². The predicted octanol–water partition coefficient (Wildman–Crippen LogP) is 4.97. The van der Waals surface area contributed by atoms with Gasteiger partial charge < -0.3 is 0 Å². The van der Waals surface area contributed by atoms with E-state index >= 15 is 0 Å². The lowest BCUT2D eigenvalue weighted by atomic mass is 10.2. The number of hydrogen-bond acceptors (Lipinski definition) is 1. The van der Waals surface area contributed by atoms with E-state index in [9.17, 15) is 61.5 Å². The second kappa shape index (κ2) is 5.26. The second-order valence-electron chi connectivity index (χ2n) is 3.71. The van der Waals surface area contributed by atoms with Crippen LogP contribution in [0.1, 0.15) is 6.42 Å². The van der Waals surface area contributed by atoms with Crippen LogP contribution in [0.2, 0.25) is 0 Å². The molecule has 0 aromatic carbocycles. The van der Waals surface area contributed by atoms with Gasteiger partial charge in [0.25, 0.3) is 0 Å². The van der Waals surface area contributed by atoms with Crippen molar-refractivity contribution in [3.63, 3.8) is 0 Å². The molecule has 15 heteroatoms. The molecule has 0 bridgehead atoms. The quantitative estimate of drug-likeness (QED) is 0.637. The molecule has 0 saturated heterocycles. The van der Waals surface area contributed by atoms with Gasteiger partial charge in [0.2, 0.25) is 0 Å². The number of rotatable bonds is 4. The van der Waals surface area contributed by atoms with Crippen LogP contribution in [0.25, 0.3) is 0 Å². The van der Waals surface area contributed by atoms with Crippen LogP contribution in [0.15, 0.2) is 0 Å². The highest BCUT2D eigenvalue weighted by Gasteiger charge is 2.78. The van der Waals surface area contributed by atoms with Crippen LogP contribution >= 0.6 is 0 Å². The summed E-state index contributed by atoms with van der Waals surface area (Å²) in [6.45, 7) is 0. The summed E-state index contributed by atoms with van der Waals surface area (Å²) >= 11 is 0. The third-order valence-corrected chi connectivity index (χ3v) is 1.86. The average molecular weight is 368 g/mol. The van der Waals surface area contributed by atoms with E-state index < -0.39 is 42.8 Å². The maximum absolute atomic E-state index is 13.0. The molecule has 0 N–H and O–H groups in total. The van der Waals surface area contributed by atoms with Gasteiger partial charge in [-0.2, -0.15) is 57.1 Å². The van der Waals surface area contributed by atoms with Gasteiger partial charge in [0, 0.05) is 0 Å². The topological polar surface area (TPSA) is 9.23 Å². The molecule has 0 spiro atoms. The normalized spacial score (nSPS) is 18.3. The third kappa shape index (κ3) is 4.25. The molecule has 0 amide bonds. The van der Waals surface area contributed by atoms with E-state index in [2.05, 4.69) is 0 Å². The van der Waals surface area contributed by atoms with Gasteiger partial charge in [-0.15, -0.1) is 0 Å². The number of halogens is 14. The smallest absolute Gasteiger partial charge is 0.269 e. The van der Waals surface area contributed by atoms with Gasteiger partial charge in [-0.25, -0.2) is 4.39 Å². The summed E-state index contributed by atoms with van der Waals surface area (Å²) in [6, 6.07) is 0. The fourth-order valence-electron chi connectivity index (χ4n) is 0.884. The van der Waals surface area contributed by atoms with Crippen molar-refractivity contribution < 1.29 is 66.2 Å². The summed E-state index contributed by atoms with van der Waals surface area (Å²) in [5, 5.41) is 0. The van der Waals surface area contributed by atoms with E-state index in [0.29, 0.717) is 0 Å². The zero-order chi connectivity index (χ0) is 18.4. The van der Waals surface area contributed by atoms with E-state index in [-0.39, 0.29) is 0 Å². The maximum atomic E-state index is 13.0. The van der Waals surface area contributed by atoms with Crippen LogP contribution in [0, 0.1) is 0 Å². The van der Waals surface area contributed by atoms with Gasteiger partial charge in [0.15, 0.2) is 0 Å². The molecular formula is C7H2F14O. The fraction of sp³-hybridized carbons (Fsp3) is 1.00. The van der Waals surface area contributed by atoms with E-state index in [1.54, 1.807) is 4.74 Å². The summed E-state index contributed by atoms with van der Waals surface area (Å²) in [6.07, 6.45) is -31.6. The third-order valence-electron chi connectivity index (χ3n) is 1.86. The SMILES string of the molecule is FC(F)(F)CC(F)(OC(F)(F)C(F)(F)C(F)(F)F)C(F)(F)F. The van der Waals surface area contributed by atoms with Crippen LogP contribution < -0.4 is 0 Å². The Bertz CT molecular complexity index is 387. The molecule has 0 aliphatic carbocycles. The standard InChI is InChI=1S/C7H2F14O/c8-2(5(14,15)16,1-3(9,10)11)22-7(20,21)4(12,13)6(17,18)19/h1H2. The molecule has 1 atom stereocenters. The lowest BCUT2D eigenvalue weighted by molar-refractivity contribution is -0.489. The molecule has 1 nitrogen and oxygen atoms in total.